The van der Waals surface area contributed by atoms with Gasteiger partial charge in [0.2, 0.25) is 5.91 Å². The molecule has 0 saturated carbocycles. The van der Waals surface area contributed by atoms with E-state index in [1.807, 2.05) is 4.90 Å². The normalized spacial score (nSPS) is 18.3. The summed E-state index contributed by atoms with van der Waals surface area (Å²) in [7, 11) is 0. The summed E-state index contributed by atoms with van der Waals surface area (Å²) in [4.78, 5) is 16.4. The van der Waals surface area contributed by atoms with Crippen molar-refractivity contribution in [2.24, 2.45) is 5.92 Å². The van der Waals surface area contributed by atoms with E-state index in [9.17, 15) is 9.90 Å². The Morgan fingerprint density at radius 1 is 1.08 bits per heavy atom. The Kier molecular flexibility index (Phi) is 7.25. The van der Waals surface area contributed by atoms with Gasteiger partial charge in [-0.2, -0.15) is 0 Å². The van der Waals surface area contributed by atoms with Gasteiger partial charge in [-0.25, -0.2) is 0 Å². The number of hydrogen-bond acceptors (Lipinski definition) is 3. The number of carbonyl (C=O) groups excluding carboxylic acids is 1. The zero-order valence-corrected chi connectivity index (χ0v) is 15.4. The predicted molar refractivity (Wildman–Crippen MR) is 97.7 cm³/mol. The third-order valence-corrected chi connectivity index (χ3v) is 4.64. The Hall–Kier alpha value is -1.39. The molecule has 0 radical (unpaired) electrons. The number of aliphatic hydroxyl groups excluding tert-OH is 1. The molecule has 4 heteroatoms. The van der Waals surface area contributed by atoms with Crippen molar-refractivity contribution < 1.29 is 9.90 Å². The largest absolute Gasteiger partial charge is 0.378 e. The van der Waals surface area contributed by atoms with Crippen LogP contribution in [-0.2, 0) is 11.2 Å². The van der Waals surface area contributed by atoms with Crippen molar-refractivity contribution >= 4 is 5.91 Å². The molecule has 1 amide bonds. The van der Waals surface area contributed by atoms with Crippen molar-refractivity contribution in [1.29, 1.82) is 0 Å². The van der Waals surface area contributed by atoms with Crippen LogP contribution in [0, 0.1) is 12.8 Å². The van der Waals surface area contributed by atoms with Gasteiger partial charge in [0.25, 0.3) is 0 Å². The Morgan fingerprint density at radius 3 is 2.21 bits per heavy atom. The first-order valence-electron chi connectivity index (χ1n) is 9.21. The van der Waals surface area contributed by atoms with Gasteiger partial charge in [0.15, 0.2) is 0 Å². The van der Waals surface area contributed by atoms with Crippen molar-refractivity contribution in [3.63, 3.8) is 0 Å². The van der Waals surface area contributed by atoms with Crippen molar-refractivity contribution in [2.75, 3.05) is 26.2 Å². The molecule has 1 N–H and O–H groups in total. The standard InChI is InChI=1S/C20H32N2O2/c1-16(2)14-19(23)21-10-4-12-22(13-5-11-21)20(24)15-18-8-6-17(3)7-9-18/h6-9,16,20,24H,4-5,10-15H2,1-3H3. The van der Waals surface area contributed by atoms with Crippen LogP contribution in [0.2, 0.25) is 0 Å². The monoisotopic (exact) mass is 332 g/mol. The summed E-state index contributed by atoms with van der Waals surface area (Å²) >= 11 is 0. The summed E-state index contributed by atoms with van der Waals surface area (Å²) < 4.78 is 0. The first-order chi connectivity index (χ1) is 11.5. The number of rotatable bonds is 5. The van der Waals surface area contributed by atoms with E-state index >= 15 is 0 Å². The summed E-state index contributed by atoms with van der Waals surface area (Å²) in [5.41, 5.74) is 2.41. The molecule has 0 spiro atoms. The molecule has 0 aliphatic carbocycles. The summed E-state index contributed by atoms with van der Waals surface area (Å²) in [5, 5.41) is 10.6. The van der Waals surface area contributed by atoms with Crippen LogP contribution in [-0.4, -0.2) is 53.2 Å². The van der Waals surface area contributed by atoms with Gasteiger partial charge in [-0.15, -0.1) is 0 Å². The molecule has 1 aliphatic heterocycles. The molecule has 0 bridgehead atoms. The van der Waals surface area contributed by atoms with Crippen LogP contribution >= 0.6 is 0 Å². The maximum absolute atomic E-state index is 12.2. The summed E-state index contributed by atoms with van der Waals surface area (Å²) in [6.45, 7) is 9.55. The van der Waals surface area contributed by atoms with Gasteiger partial charge >= 0.3 is 0 Å². The second-order valence-corrected chi connectivity index (χ2v) is 7.39. The fourth-order valence-electron chi connectivity index (χ4n) is 3.24. The molecule has 2 rings (SSSR count). The Bertz CT molecular complexity index is 503. The SMILES string of the molecule is Cc1ccc(CC(O)N2CCCN(C(=O)CC(C)C)CCC2)cc1. The highest BCUT2D eigenvalue weighted by atomic mass is 16.3. The first-order valence-corrected chi connectivity index (χ1v) is 9.21. The molecule has 24 heavy (non-hydrogen) atoms. The van der Waals surface area contributed by atoms with Gasteiger partial charge in [0.1, 0.15) is 6.23 Å². The second-order valence-electron chi connectivity index (χ2n) is 7.39. The van der Waals surface area contributed by atoms with E-state index in [1.54, 1.807) is 0 Å². The van der Waals surface area contributed by atoms with Gasteiger partial charge in [-0.1, -0.05) is 43.7 Å². The number of aryl methyl sites for hydroxylation is 1. The first kappa shape index (κ1) is 18.9. The minimum atomic E-state index is -0.439. The molecule has 1 unspecified atom stereocenters. The lowest BCUT2D eigenvalue weighted by atomic mass is 10.1. The summed E-state index contributed by atoms with van der Waals surface area (Å²) in [5.74, 6) is 0.689. The van der Waals surface area contributed by atoms with E-state index in [-0.39, 0.29) is 5.91 Å². The summed E-state index contributed by atoms with van der Waals surface area (Å²) in [6, 6.07) is 8.37. The van der Waals surface area contributed by atoms with Crippen molar-refractivity contribution in [3.05, 3.63) is 35.4 Å². The van der Waals surface area contributed by atoms with Crippen LogP contribution in [0.1, 0.15) is 44.2 Å². The topological polar surface area (TPSA) is 43.8 Å². The molecule has 1 saturated heterocycles. The second kappa shape index (κ2) is 9.19. The highest BCUT2D eigenvalue weighted by molar-refractivity contribution is 5.76. The zero-order chi connectivity index (χ0) is 17.5. The molecular formula is C20H32N2O2. The van der Waals surface area contributed by atoms with E-state index in [0.29, 0.717) is 18.8 Å². The maximum Gasteiger partial charge on any atom is 0.222 e. The predicted octanol–water partition coefficient (Wildman–Crippen LogP) is 2.83. The number of amides is 1. The zero-order valence-electron chi connectivity index (χ0n) is 15.4. The van der Waals surface area contributed by atoms with Gasteiger partial charge in [0.05, 0.1) is 0 Å². The van der Waals surface area contributed by atoms with E-state index < -0.39 is 6.23 Å². The number of nitrogens with zero attached hydrogens (tertiary/aromatic N) is 2. The lowest BCUT2D eigenvalue weighted by Gasteiger charge is -2.33. The summed E-state index contributed by atoms with van der Waals surface area (Å²) in [6.07, 6.45) is 2.71. The van der Waals surface area contributed by atoms with E-state index in [2.05, 4.69) is 49.9 Å². The van der Waals surface area contributed by atoms with E-state index in [1.165, 1.54) is 11.1 Å². The molecular weight excluding hydrogens is 300 g/mol. The highest BCUT2D eigenvalue weighted by Crippen LogP contribution is 2.13. The molecule has 1 aromatic rings. The number of hydrogen-bond donors (Lipinski definition) is 1. The average Bonchev–Trinajstić information content (AvgIpc) is 2.48. The number of benzene rings is 1. The minimum absolute atomic E-state index is 0.277. The van der Waals surface area contributed by atoms with Crippen molar-refractivity contribution in [3.8, 4) is 0 Å². The molecule has 134 valence electrons. The number of carbonyl (C=O) groups is 1. The van der Waals surface area contributed by atoms with Crippen LogP contribution in [0.5, 0.6) is 0 Å². The quantitative estimate of drug-likeness (QED) is 0.902. The maximum atomic E-state index is 12.2. The molecule has 0 aromatic heterocycles. The smallest absolute Gasteiger partial charge is 0.222 e. The number of aliphatic hydroxyl groups is 1. The highest BCUT2D eigenvalue weighted by Gasteiger charge is 2.21. The van der Waals surface area contributed by atoms with Crippen LogP contribution in [0.4, 0.5) is 0 Å². The van der Waals surface area contributed by atoms with Crippen molar-refractivity contribution in [1.82, 2.24) is 9.80 Å². The van der Waals surface area contributed by atoms with Gasteiger partial charge < -0.3 is 10.0 Å². The van der Waals surface area contributed by atoms with Crippen LogP contribution < -0.4 is 0 Å². The van der Waals surface area contributed by atoms with Crippen LogP contribution in [0.25, 0.3) is 0 Å². The fraction of sp³-hybridized carbons (Fsp3) is 0.650. The molecule has 1 heterocycles. The Morgan fingerprint density at radius 2 is 1.67 bits per heavy atom. The third kappa shape index (κ3) is 5.91. The average molecular weight is 332 g/mol. The minimum Gasteiger partial charge on any atom is -0.378 e. The fourth-order valence-corrected chi connectivity index (χ4v) is 3.24. The van der Waals surface area contributed by atoms with Crippen LogP contribution in [0.15, 0.2) is 24.3 Å². The van der Waals surface area contributed by atoms with Gasteiger partial charge in [-0.3, -0.25) is 9.69 Å². The third-order valence-electron chi connectivity index (χ3n) is 4.64. The Balaban J connectivity index is 1.82. The molecule has 1 fully saturated rings. The van der Waals surface area contributed by atoms with E-state index in [4.69, 9.17) is 0 Å². The van der Waals surface area contributed by atoms with Crippen LogP contribution in [0.3, 0.4) is 0 Å². The lowest BCUT2D eigenvalue weighted by Crippen LogP contribution is -2.44. The Labute approximate surface area is 146 Å². The van der Waals surface area contributed by atoms with E-state index in [0.717, 1.165) is 39.0 Å². The van der Waals surface area contributed by atoms with Crippen molar-refractivity contribution in [2.45, 2.75) is 52.7 Å². The molecule has 1 aromatic carbocycles. The molecule has 1 aliphatic rings. The van der Waals surface area contributed by atoms with Gasteiger partial charge in [0, 0.05) is 39.0 Å². The lowest BCUT2D eigenvalue weighted by molar-refractivity contribution is -0.132. The molecule has 1 atom stereocenters. The van der Waals surface area contributed by atoms with Gasteiger partial charge in [-0.05, 0) is 31.2 Å². The molecule has 4 nitrogen and oxygen atoms in total.